The van der Waals surface area contributed by atoms with Crippen molar-refractivity contribution in [3.05, 3.63) is 0 Å². The third-order valence-electron chi connectivity index (χ3n) is 1.87. The van der Waals surface area contributed by atoms with Gasteiger partial charge in [-0.15, -0.1) is 0 Å². The predicted molar refractivity (Wildman–Crippen MR) is 59.6 cm³/mol. The Kier molecular flexibility index (Phi) is 4.72. The average Bonchev–Trinajstić information content (AvgIpc) is 1.93. The van der Waals surface area contributed by atoms with Gasteiger partial charge in [0.05, 0.1) is 17.2 Å². The fraction of sp³-hybridized carbons (Fsp3) is 1.00. The first-order valence-corrected chi connectivity index (χ1v) is 5.31. The van der Waals surface area contributed by atoms with Crippen molar-refractivity contribution in [2.24, 2.45) is 10.2 Å². The van der Waals surface area contributed by atoms with Crippen molar-refractivity contribution in [2.45, 2.75) is 71.6 Å². The molecule has 0 saturated heterocycles. The highest BCUT2D eigenvalue weighted by molar-refractivity contribution is 4.83. The number of rotatable bonds is 4. The Bertz CT molecular complexity index is 186. The molecule has 0 aromatic heterocycles. The van der Waals surface area contributed by atoms with E-state index in [1.807, 2.05) is 20.8 Å². The smallest absolute Gasteiger partial charge is 0.0989 e. The summed E-state index contributed by atoms with van der Waals surface area (Å²) in [5, 5.41) is 18.3. The van der Waals surface area contributed by atoms with Gasteiger partial charge in [-0.1, -0.05) is 13.3 Å². The van der Waals surface area contributed by atoms with Crippen molar-refractivity contribution in [3.63, 3.8) is 0 Å². The summed E-state index contributed by atoms with van der Waals surface area (Å²) in [7, 11) is 0. The van der Waals surface area contributed by atoms with Crippen LogP contribution in [0.25, 0.3) is 0 Å². The second kappa shape index (κ2) is 4.87. The molecule has 0 fully saturated rings. The first-order chi connectivity index (χ1) is 6.17. The van der Waals surface area contributed by atoms with Gasteiger partial charge < -0.3 is 5.11 Å². The molecule has 0 bridgehead atoms. The number of hydrogen-bond acceptors (Lipinski definition) is 3. The largest absolute Gasteiger partial charge is 0.388 e. The third kappa shape index (κ3) is 6.08. The molecule has 3 heteroatoms. The van der Waals surface area contributed by atoms with E-state index in [0.717, 1.165) is 12.8 Å². The highest BCUT2D eigenvalue weighted by atomic mass is 16.3. The maximum atomic E-state index is 9.85. The molecule has 0 saturated carbocycles. The van der Waals surface area contributed by atoms with E-state index in [9.17, 15) is 5.11 Å². The molecule has 0 spiro atoms. The summed E-state index contributed by atoms with van der Waals surface area (Å²) >= 11 is 0. The summed E-state index contributed by atoms with van der Waals surface area (Å²) in [5.74, 6) is 0. The van der Waals surface area contributed by atoms with Gasteiger partial charge in [-0.25, -0.2) is 0 Å². The maximum absolute atomic E-state index is 9.85. The second-order valence-corrected chi connectivity index (χ2v) is 5.34. The normalized spacial score (nSPS) is 16.2. The number of nitrogens with zero attached hydrogens (tertiary/aromatic N) is 2. The topological polar surface area (TPSA) is 45.0 Å². The Labute approximate surface area is 87.6 Å². The summed E-state index contributed by atoms with van der Waals surface area (Å²) in [4.78, 5) is 0. The second-order valence-electron chi connectivity index (χ2n) is 5.34. The Morgan fingerprint density at radius 3 is 1.93 bits per heavy atom. The van der Waals surface area contributed by atoms with Crippen molar-refractivity contribution < 1.29 is 5.11 Å². The molecular formula is C11H24N2O. The molecule has 1 unspecified atom stereocenters. The Morgan fingerprint density at radius 1 is 1.14 bits per heavy atom. The zero-order valence-corrected chi connectivity index (χ0v) is 10.3. The van der Waals surface area contributed by atoms with Crippen molar-refractivity contribution in [1.82, 2.24) is 0 Å². The van der Waals surface area contributed by atoms with Crippen LogP contribution in [0.15, 0.2) is 10.2 Å². The first-order valence-electron chi connectivity index (χ1n) is 5.31. The van der Waals surface area contributed by atoms with Crippen molar-refractivity contribution in [1.29, 1.82) is 0 Å². The number of azo groups is 1. The lowest BCUT2D eigenvalue weighted by Gasteiger charge is -2.25. The third-order valence-corrected chi connectivity index (χ3v) is 1.87. The van der Waals surface area contributed by atoms with Crippen LogP contribution in [0.2, 0.25) is 0 Å². The standard InChI is InChI=1S/C11H24N2O/c1-7-8-9(11(5,6)14)12-13-10(2,3)4/h9,14H,7-8H2,1-6H3. The van der Waals surface area contributed by atoms with E-state index < -0.39 is 5.60 Å². The minimum atomic E-state index is -0.773. The minimum Gasteiger partial charge on any atom is -0.388 e. The molecular weight excluding hydrogens is 176 g/mol. The van der Waals surface area contributed by atoms with Gasteiger partial charge in [0.15, 0.2) is 0 Å². The van der Waals surface area contributed by atoms with E-state index in [2.05, 4.69) is 17.2 Å². The lowest BCUT2D eigenvalue weighted by atomic mass is 9.96. The zero-order chi connectivity index (χ0) is 11.4. The monoisotopic (exact) mass is 200 g/mol. The van der Waals surface area contributed by atoms with Gasteiger partial charge in [-0.2, -0.15) is 10.2 Å². The lowest BCUT2D eigenvalue weighted by molar-refractivity contribution is 0.0463. The van der Waals surface area contributed by atoms with E-state index in [-0.39, 0.29) is 11.6 Å². The Morgan fingerprint density at radius 2 is 1.64 bits per heavy atom. The zero-order valence-electron chi connectivity index (χ0n) is 10.3. The van der Waals surface area contributed by atoms with Gasteiger partial charge in [-0.05, 0) is 41.0 Å². The van der Waals surface area contributed by atoms with Gasteiger partial charge in [0.1, 0.15) is 0 Å². The molecule has 0 rings (SSSR count). The number of aliphatic hydroxyl groups is 1. The molecule has 3 nitrogen and oxygen atoms in total. The SMILES string of the molecule is CCCC(N=NC(C)(C)C)C(C)(C)O. The van der Waals surface area contributed by atoms with Crippen LogP contribution in [-0.4, -0.2) is 22.3 Å². The van der Waals surface area contributed by atoms with Crippen LogP contribution in [0.3, 0.4) is 0 Å². The van der Waals surface area contributed by atoms with E-state index in [4.69, 9.17) is 0 Å². The lowest BCUT2D eigenvalue weighted by Crippen LogP contribution is -2.34. The van der Waals surface area contributed by atoms with E-state index in [1.165, 1.54) is 0 Å². The molecule has 1 atom stereocenters. The molecule has 0 heterocycles. The van der Waals surface area contributed by atoms with Gasteiger partial charge >= 0.3 is 0 Å². The van der Waals surface area contributed by atoms with Crippen LogP contribution in [0.5, 0.6) is 0 Å². The predicted octanol–water partition coefficient (Wildman–Crippen LogP) is 3.18. The van der Waals surface area contributed by atoms with Crippen molar-refractivity contribution >= 4 is 0 Å². The molecule has 1 N–H and O–H groups in total. The molecule has 0 aliphatic rings. The first kappa shape index (κ1) is 13.6. The van der Waals surface area contributed by atoms with Gasteiger partial charge in [0.25, 0.3) is 0 Å². The van der Waals surface area contributed by atoms with Crippen LogP contribution >= 0.6 is 0 Å². The summed E-state index contributed by atoms with van der Waals surface area (Å²) in [6.07, 6.45) is 1.89. The quantitative estimate of drug-likeness (QED) is 0.696. The molecule has 0 aromatic rings. The summed E-state index contributed by atoms with van der Waals surface area (Å²) in [6, 6.07) is -0.0910. The van der Waals surface area contributed by atoms with Crippen LogP contribution in [0.1, 0.15) is 54.4 Å². The Hall–Kier alpha value is -0.440. The molecule has 0 aliphatic heterocycles. The van der Waals surface area contributed by atoms with Crippen molar-refractivity contribution in [2.75, 3.05) is 0 Å². The van der Waals surface area contributed by atoms with Crippen LogP contribution in [-0.2, 0) is 0 Å². The minimum absolute atomic E-state index is 0.0910. The maximum Gasteiger partial charge on any atom is 0.0989 e. The molecule has 0 aromatic carbocycles. The van der Waals surface area contributed by atoms with Gasteiger partial charge in [0.2, 0.25) is 0 Å². The summed E-state index contributed by atoms with van der Waals surface area (Å²) in [6.45, 7) is 11.7. The molecule has 0 amide bonds. The van der Waals surface area contributed by atoms with E-state index in [1.54, 1.807) is 13.8 Å². The fourth-order valence-corrected chi connectivity index (χ4v) is 1.07. The van der Waals surface area contributed by atoms with Crippen LogP contribution in [0, 0.1) is 0 Å². The van der Waals surface area contributed by atoms with Crippen molar-refractivity contribution in [3.8, 4) is 0 Å². The molecule has 84 valence electrons. The molecule has 14 heavy (non-hydrogen) atoms. The highest BCUT2D eigenvalue weighted by Crippen LogP contribution is 2.20. The van der Waals surface area contributed by atoms with Gasteiger partial charge in [-0.3, -0.25) is 0 Å². The molecule has 0 aliphatic carbocycles. The average molecular weight is 200 g/mol. The number of hydrogen-bond donors (Lipinski definition) is 1. The molecule has 0 radical (unpaired) electrons. The summed E-state index contributed by atoms with van der Waals surface area (Å²) < 4.78 is 0. The highest BCUT2D eigenvalue weighted by Gasteiger charge is 2.26. The fourth-order valence-electron chi connectivity index (χ4n) is 1.07. The van der Waals surface area contributed by atoms with E-state index >= 15 is 0 Å². The Balaban J connectivity index is 4.46. The summed E-state index contributed by atoms with van der Waals surface area (Å²) in [5.41, 5.74) is -0.929. The van der Waals surface area contributed by atoms with E-state index in [0.29, 0.717) is 0 Å². The van der Waals surface area contributed by atoms with Gasteiger partial charge in [0, 0.05) is 0 Å². The van der Waals surface area contributed by atoms with Crippen LogP contribution < -0.4 is 0 Å². The van der Waals surface area contributed by atoms with Crippen LogP contribution in [0.4, 0.5) is 0 Å².